The molecule has 0 radical (unpaired) electrons. The van der Waals surface area contributed by atoms with Gasteiger partial charge in [-0.15, -0.1) is 0 Å². The number of nitrogens with zero attached hydrogens (tertiary/aromatic N) is 1. The molecule has 0 saturated heterocycles. The van der Waals surface area contributed by atoms with Gasteiger partial charge >= 0.3 is 19.8 Å². The highest BCUT2D eigenvalue weighted by Crippen LogP contribution is 2.43. The van der Waals surface area contributed by atoms with Crippen LogP contribution >= 0.6 is 7.82 Å². The lowest BCUT2D eigenvalue weighted by Crippen LogP contribution is -2.37. The highest BCUT2D eigenvalue weighted by Gasteiger charge is 2.27. The number of esters is 2. The van der Waals surface area contributed by atoms with Crippen molar-refractivity contribution in [3.8, 4) is 0 Å². The first-order chi connectivity index (χ1) is 38.0. The quantitative estimate of drug-likeness (QED) is 0.0211. The van der Waals surface area contributed by atoms with E-state index in [1.165, 1.54) is 32.1 Å². The molecule has 0 aromatic carbocycles. The Kier molecular flexibility index (Phi) is 54.1. The van der Waals surface area contributed by atoms with Gasteiger partial charge in [0.25, 0.3) is 0 Å². The molecule has 2 atom stereocenters. The summed E-state index contributed by atoms with van der Waals surface area (Å²) in [6.07, 6.45) is 86.0. The van der Waals surface area contributed by atoms with E-state index in [0.717, 1.165) is 135 Å². The summed E-state index contributed by atoms with van der Waals surface area (Å²) in [6, 6.07) is 0. The van der Waals surface area contributed by atoms with E-state index < -0.39 is 32.5 Å². The molecule has 0 rings (SSSR count). The molecular weight excluding hydrogens is 990 g/mol. The smallest absolute Gasteiger partial charge is 0.462 e. The van der Waals surface area contributed by atoms with Crippen molar-refractivity contribution in [3.63, 3.8) is 0 Å². The third kappa shape index (κ3) is 60.9. The molecule has 0 heterocycles. The van der Waals surface area contributed by atoms with Crippen LogP contribution in [0, 0.1) is 0 Å². The average molecular weight is 1100 g/mol. The van der Waals surface area contributed by atoms with Crippen LogP contribution in [0.1, 0.15) is 206 Å². The summed E-state index contributed by atoms with van der Waals surface area (Å²) in [4.78, 5) is 35.7. The predicted molar refractivity (Wildman–Crippen MR) is 334 cm³/mol. The molecule has 0 aromatic heterocycles. The summed E-state index contributed by atoms with van der Waals surface area (Å²) >= 11 is 0. The number of likely N-dealkylation sites (N-methyl/N-ethyl adjacent to an activating group) is 1. The fourth-order valence-electron chi connectivity index (χ4n) is 7.47. The molecule has 0 aliphatic heterocycles. The van der Waals surface area contributed by atoms with Gasteiger partial charge in [0.1, 0.15) is 19.8 Å². The van der Waals surface area contributed by atoms with Crippen molar-refractivity contribution in [3.05, 3.63) is 158 Å². The normalized spacial score (nSPS) is 14.4. The Balaban J connectivity index is 4.18. The fourth-order valence-corrected chi connectivity index (χ4v) is 8.21. The van der Waals surface area contributed by atoms with E-state index in [0.29, 0.717) is 23.9 Å². The molecule has 0 bridgehead atoms. The number of carbonyl (C=O) groups excluding carboxylic acids is 2. The molecule has 0 amide bonds. The zero-order valence-electron chi connectivity index (χ0n) is 49.8. The van der Waals surface area contributed by atoms with Crippen LogP contribution in [-0.4, -0.2) is 74.9 Å². The van der Waals surface area contributed by atoms with Gasteiger partial charge in [0.05, 0.1) is 27.7 Å². The summed E-state index contributed by atoms with van der Waals surface area (Å²) in [7, 11) is 1.43. The number of rotatable bonds is 53. The van der Waals surface area contributed by atoms with Gasteiger partial charge in [-0.25, -0.2) is 4.57 Å². The summed E-state index contributed by atoms with van der Waals surface area (Å²) in [5, 5.41) is 0. The van der Waals surface area contributed by atoms with E-state index in [1.807, 2.05) is 21.1 Å². The van der Waals surface area contributed by atoms with Crippen LogP contribution in [0.4, 0.5) is 0 Å². The minimum Gasteiger partial charge on any atom is -0.462 e. The molecule has 9 nitrogen and oxygen atoms in total. The van der Waals surface area contributed by atoms with Crippen LogP contribution in [0.25, 0.3) is 0 Å². The maximum absolute atomic E-state index is 12.8. The van der Waals surface area contributed by atoms with Crippen molar-refractivity contribution in [1.82, 2.24) is 0 Å². The van der Waals surface area contributed by atoms with Crippen molar-refractivity contribution in [2.75, 3.05) is 47.5 Å². The Labute approximate surface area is 477 Å². The van der Waals surface area contributed by atoms with E-state index in [-0.39, 0.29) is 26.1 Å². The lowest BCUT2D eigenvalue weighted by molar-refractivity contribution is -0.870. The van der Waals surface area contributed by atoms with Crippen LogP contribution in [0.15, 0.2) is 158 Å². The van der Waals surface area contributed by atoms with E-state index >= 15 is 0 Å². The van der Waals surface area contributed by atoms with Gasteiger partial charge < -0.3 is 18.9 Å². The average Bonchev–Trinajstić information content (AvgIpc) is 3.41. The number of hydrogen-bond donors (Lipinski definition) is 1. The highest BCUT2D eigenvalue weighted by molar-refractivity contribution is 7.47. The molecule has 10 heteroatoms. The molecular formula is C68H111NO8P+. The molecule has 0 saturated carbocycles. The summed E-state index contributed by atoms with van der Waals surface area (Å²) < 4.78 is 34.5. The number of unbranched alkanes of at least 4 members (excludes halogenated alkanes) is 13. The number of hydrogen-bond acceptors (Lipinski definition) is 7. The van der Waals surface area contributed by atoms with Crippen molar-refractivity contribution in [2.45, 2.75) is 213 Å². The first-order valence-corrected chi connectivity index (χ1v) is 31.7. The zero-order valence-corrected chi connectivity index (χ0v) is 50.7. The van der Waals surface area contributed by atoms with Gasteiger partial charge in [-0.3, -0.25) is 18.6 Å². The second kappa shape index (κ2) is 57.3. The lowest BCUT2D eigenvalue weighted by atomic mass is 10.1. The number of allylic oxidation sites excluding steroid dienone is 26. The maximum atomic E-state index is 12.8. The van der Waals surface area contributed by atoms with Crippen LogP contribution in [0.5, 0.6) is 0 Å². The number of quaternary nitrogens is 1. The zero-order chi connectivity index (χ0) is 57.0. The summed E-state index contributed by atoms with van der Waals surface area (Å²) in [6.45, 7) is 4.14. The third-order valence-electron chi connectivity index (χ3n) is 12.1. The minimum absolute atomic E-state index is 0.0174. The van der Waals surface area contributed by atoms with Crippen LogP contribution in [0.3, 0.4) is 0 Å². The van der Waals surface area contributed by atoms with E-state index in [2.05, 4.69) is 172 Å². The molecule has 0 aliphatic rings. The number of ether oxygens (including phenoxy) is 2. The largest absolute Gasteiger partial charge is 0.472 e. The molecule has 2 unspecified atom stereocenters. The first-order valence-electron chi connectivity index (χ1n) is 30.2. The Morgan fingerprint density at radius 3 is 1.03 bits per heavy atom. The second-order valence-corrected chi connectivity index (χ2v) is 22.1. The van der Waals surface area contributed by atoms with Gasteiger partial charge in [-0.05, 0) is 122 Å². The van der Waals surface area contributed by atoms with Crippen molar-refractivity contribution in [2.24, 2.45) is 0 Å². The van der Waals surface area contributed by atoms with Crippen molar-refractivity contribution in [1.29, 1.82) is 0 Å². The van der Waals surface area contributed by atoms with Gasteiger partial charge in [0.15, 0.2) is 6.10 Å². The van der Waals surface area contributed by atoms with Crippen LogP contribution < -0.4 is 0 Å². The SMILES string of the molecule is CC/C=C\C/C=C\C/C=C\C/C=C\C/C=C\C/C=C\C/C=C\C/C=C\C/C=C\CCCCCCCCCCCC(=O)OC(COC(=O)CCCCCC/C=C\C/C=C\C/C=C\C/C=C\CC)COP(=O)(O)OCC[N+](C)(C)C. The Bertz CT molecular complexity index is 1870. The highest BCUT2D eigenvalue weighted by atomic mass is 31.2. The molecule has 0 aliphatic carbocycles. The number of carbonyl (C=O) groups is 2. The molecule has 0 spiro atoms. The van der Waals surface area contributed by atoms with E-state index in [9.17, 15) is 19.0 Å². The van der Waals surface area contributed by atoms with Crippen LogP contribution in [-0.2, 0) is 32.7 Å². The number of phosphoric ester groups is 1. The van der Waals surface area contributed by atoms with E-state index in [4.69, 9.17) is 18.5 Å². The van der Waals surface area contributed by atoms with Crippen molar-refractivity contribution >= 4 is 19.8 Å². The summed E-state index contributed by atoms with van der Waals surface area (Å²) in [5.41, 5.74) is 0. The number of phosphoric acid groups is 1. The third-order valence-corrected chi connectivity index (χ3v) is 13.0. The van der Waals surface area contributed by atoms with Crippen LogP contribution in [0.2, 0.25) is 0 Å². The Morgan fingerprint density at radius 1 is 0.397 bits per heavy atom. The van der Waals surface area contributed by atoms with Gasteiger partial charge in [-0.2, -0.15) is 0 Å². The van der Waals surface area contributed by atoms with E-state index in [1.54, 1.807) is 0 Å². The van der Waals surface area contributed by atoms with Gasteiger partial charge in [0.2, 0.25) is 0 Å². The molecule has 440 valence electrons. The minimum atomic E-state index is -4.40. The van der Waals surface area contributed by atoms with Gasteiger partial charge in [-0.1, -0.05) is 230 Å². The first kappa shape index (κ1) is 73.6. The fraction of sp³-hybridized carbons (Fsp3) is 0.588. The molecule has 78 heavy (non-hydrogen) atoms. The standard InChI is InChI=1S/C68H110NO8P/c1-6-8-10-12-14-16-18-20-22-24-25-26-27-28-29-30-31-32-33-34-35-36-37-38-39-40-41-42-43-45-47-49-51-53-55-57-59-61-68(71)77-66(65-76-78(72,73)75-63-62-69(3,4)5)64-74-67(70)60-58-56-54-52-50-48-46-44-23-21-19-17-15-13-11-9-7-2/h8-11,14-17,20-23,25-26,28-29,31-32,34-35,37-38,40-41,46,48,66H,6-7,12-13,18-19,24,27,30,33,36,39,42-45,47,49-65H2,1-5H3/p+1/b10-8-,11-9-,16-14-,17-15-,22-20-,23-21-,26-25-,29-28-,32-31-,35-34-,38-37-,41-40-,48-46-. The summed E-state index contributed by atoms with van der Waals surface area (Å²) in [5.74, 6) is -0.845. The monoisotopic (exact) mass is 1100 g/mol. The molecule has 1 N–H and O–H groups in total. The maximum Gasteiger partial charge on any atom is 0.472 e. The lowest BCUT2D eigenvalue weighted by Gasteiger charge is -2.24. The Hall–Kier alpha value is -4.37. The van der Waals surface area contributed by atoms with Gasteiger partial charge in [0, 0.05) is 12.8 Å². The van der Waals surface area contributed by atoms with Crippen molar-refractivity contribution < 1.29 is 42.1 Å². The molecule has 0 fully saturated rings. The second-order valence-electron chi connectivity index (χ2n) is 20.6. The Morgan fingerprint density at radius 2 is 0.692 bits per heavy atom. The molecule has 0 aromatic rings. The topological polar surface area (TPSA) is 108 Å². The predicted octanol–water partition coefficient (Wildman–Crippen LogP) is 19.3.